The maximum absolute atomic E-state index is 13.3. The van der Waals surface area contributed by atoms with Gasteiger partial charge in [-0.3, -0.25) is 0 Å². The van der Waals surface area contributed by atoms with Crippen LogP contribution in [0.3, 0.4) is 0 Å². The molecule has 2 bridgehead atoms. The minimum absolute atomic E-state index is 0.0644. The van der Waals surface area contributed by atoms with Crippen LogP contribution in [0.5, 0.6) is 0 Å². The van der Waals surface area contributed by atoms with Crippen molar-refractivity contribution in [2.75, 3.05) is 7.05 Å². The molecule has 1 aromatic rings. The lowest BCUT2D eigenvalue weighted by molar-refractivity contribution is 0.283. The predicted octanol–water partition coefficient (Wildman–Crippen LogP) is 4.05. The molecule has 1 N–H and O–H groups in total. The standard InChI is InChI=1S/C16H21F2N/c1-19-16(13-6-14(17)9-15(18)7-13)8-12-5-10-2-3-11(12)4-10/h6-7,9-12,16,19H,2-5,8H2,1H3. The Labute approximate surface area is 113 Å². The molecule has 2 fully saturated rings. The quantitative estimate of drug-likeness (QED) is 0.866. The SMILES string of the molecule is CNC(CC1CC2CCC1C2)c1cc(F)cc(F)c1. The van der Waals surface area contributed by atoms with Crippen LogP contribution in [0.2, 0.25) is 0 Å². The highest BCUT2D eigenvalue weighted by Crippen LogP contribution is 2.50. The zero-order valence-electron chi connectivity index (χ0n) is 11.3. The third-order valence-corrected chi connectivity index (χ3v) is 5.06. The van der Waals surface area contributed by atoms with Crippen LogP contribution in [0.25, 0.3) is 0 Å². The average molecular weight is 265 g/mol. The summed E-state index contributed by atoms with van der Waals surface area (Å²) in [5.74, 6) is 1.52. The summed E-state index contributed by atoms with van der Waals surface area (Å²) in [5.41, 5.74) is 0.739. The minimum atomic E-state index is -0.483. The molecular weight excluding hydrogens is 244 g/mol. The summed E-state index contributed by atoms with van der Waals surface area (Å²) in [6.07, 6.45) is 6.42. The van der Waals surface area contributed by atoms with Crippen molar-refractivity contribution >= 4 is 0 Å². The number of benzene rings is 1. The van der Waals surface area contributed by atoms with Crippen molar-refractivity contribution in [3.63, 3.8) is 0 Å². The molecule has 0 heterocycles. The summed E-state index contributed by atoms with van der Waals surface area (Å²) in [5, 5.41) is 3.23. The summed E-state index contributed by atoms with van der Waals surface area (Å²) in [6, 6.07) is 3.91. The van der Waals surface area contributed by atoms with Crippen molar-refractivity contribution in [1.29, 1.82) is 0 Å². The number of rotatable bonds is 4. The van der Waals surface area contributed by atoms with E-state index >= 15 is 0 Å². The minimum Gasteiger partial charge on any atom is -0.313 e. The summed E-state index contributed by atoms with van der Waals surface area (Å²) in [7, 11) is 1.88. The molecule has 4 unspecified atom stereocenters. The van der Waals surface area contributed by atoms with Crippen molar-refractivity contribution in [1.82, 2.24) is 5.32 Å². The molecule has 1 aromatic carbocycles. The van der Waals surface area contributed by atoms with Crippen LogP contribution in [0, 0.1) is 29.4 Å². The van der Waals surface area contributed by atoms with Gasteiger partial charge in [0.25, 0.3) is 0 Å². The van der Waals surface area contributed by atoms with Gasteiger partial charge in [-0.2, -0.15) is 0 Å². The molecule has 0 saturated heterocycles. The van der Waals surface area contributed by atoms with E-state index in [0.29, 0.717) is 0 Å². The van der Waals surface area contributed by atoms with Gasteiger partial charge < -0.3 is 5.32 Å². The summed E-state index contributed by atoms with van der Waals surface area (Å²) in [6.45, 7) is 0. The van der Waals surface area contributed by atoms with Crippen LogP contribution in [0.1, 0.15) is 43.7 Å². The molecule has 3 heteroatoms. The molecule has 1 nitrogen and oxygen atoms in total. The first kappa shape index (κ1) is 13.0. The largest absolute Gasteiger partial charge is 0.313 e. The van der Waals surface area contributed by atoms with Crippen LogP contribution in [0.4, 0.5) is 8.78 Å². The van der Waals surface area contributed by atoms with E-state index in [9.17, 15) is 8.78 Å². The van der Waals surface area contributed by atoms with E-state index in [1.807, 2.05) is 7.05 Å². The predicted molar refractivity (Wildman–Crippen MR) is 71.7 cm³/mol. The van der Waals surface area contributed by atoms with Crippen LogP contribution in [-0.4, -0.2) is 7.05 Å². The first-order valence-electron chi connectivity index (χ1n) is 7.29. The zero-order chi connectivity index (χ0) is 13.4. The van der Waals surface area contributed by atoms with Crippen LogP contribution >= 0.6 is 0 Å². The Bertz CT molecular complexity index is 440. The fourth-order valence-corrected chi connectivity index (χ4v) is 4.16. The Kier molecular flexibility index (Phi) is 3.57. The van der Waals surface area contributed by atoms with E-state index < -0.39 is 11.6 Å². The van der Waals surface area contributed by atoms with Gasteiger partial charge >= 0.3 is 0 Å². The topological polar surface area (TPSA) is 12.0 Å². The fourth-order valence-electron chi connectivity index (χ4n) is 4.16. The summed E-state index contributed by atoms with van der Waals surface area (Å²) >= 11 is 0. The highest BCUT2D eigenvalue weighted by Gasteiger charge is 2.40. The second kappa shape index (κ2) is 5.20. The van der Waals surface area contributed by atoms with Crippen molar-refractivity contribution in [2.45, 2.75) is 38.1 Å². The van der Waals surface area contributed by atoms with E-state index in [1.165, 1.54) is 37.8 Å². The molecule has 2 saturated carbocycles. The van der Waals surface area contributed by atoms with Crippen molar-refractivity contribution in [3.05, 3.63) is 35.4 Å². The highest BCUT2D eigenvalue weighted by molar-refractivity contribution is 5.21. The van der Waals surface area contributed by atoms with Crippen molar-refractivity contribution in [3.8, 4) is 0 Å². The van der Waals surface area contributed by atoms with E-state index in [1.54, 1.807) is 0 Å². The number of halogens is 2. The lowest BCUT2D eigenvalue weighted by Crippen LogP contribution is -2.23. The average Bonchev–Trinajstić information content (AvgIpc) is 2.96. The van der Waals surface area contributed by atoms with Crippen molar-refractivity contribution in [2.24, 2.45) is 17.8 Å². The van der Waals surface area contributed by atoms with E-state index in [2.05, 4.69) is 5.32 Å². The molecule has 0 amide bonds. The number of fused-ring (bicyclic) bond motifs is 2. The molecule has 0 spiro atoms. The molecular formula is C16H21F2N. The molecule has 0 aromatic heterocycles. The second-order valence-corrected chi connectivity index (χ2v) is 6.21. The molecule has 4 atom stereocenters. The van der Waals surface area contributed by atoms with Gasteiger partial charge in [-0.05, 0) is 68.2 Å². The number of hydrogen-bond donors (Lipinski definition) is 1. The Morgan fingerprint density at radius 2 is 1.89 bits per heavy atom. The third kappa shape index (κ3) is 2.66. The Hall–Kier alpha value is -0.960. The van der Waals surface area contributed by atoms with Gasteiger partial charge in [0.05, 0.1) is 0 Å². The number of nitrogens with one attached hydrogen (secondary N) is 1. The van der Waals surface area contributed by atoms with Gasteiger partial charge in [0.2, 0.25) is 0 Å². The Morgan fingerprint density at radius 1 is 1.16 bits per heavy atom. The normalized spacial score (nSPS) is 30.8. The molecule has 19 heavy (non-hydrogen) atoms. The summed E-state index contributed by atoms with van der Waals surface area (Å²) in [4.78, 5) is 0. The molecule has 0 radical (unpaired) electrons. The van der Waals surface area contributed by atoms with E-state index in [-0.39, 0.29) is 6.04 Å². The Morgan fingerprint density at radius 3 is 2.42 bits per heavy atom. The van der Waals surface area contributed by atoms with Crippen molar-refractivity contribution < 1.29 is 8.78 Å². The molecule has 3 rings (SSSR count). The van der Waals surface area contributed by atoms with Gasteiger partial charge in [-0.25, -0.2) is 8.78 Å². The molecule has 2 aliphatic rings. The molecule has 0 aliphatic heterocycles. The Balaban J connectivity index is 1.73. The highest BCUT2D eigenvalue weighted by atomic mass is 19.1. The molecule has 104 valence electrons. The first-order valence-corrected chi connectivity index (χ1v) is 7.29. The lowest BCUT2D eigenvalue weighted by atomic mass is 9.83. The van der Waals surface area contributed by atoms with Gasteiger partial charge in [0.1, 0.15) is 11.6 Å². The van der Waals surface area contributed by atoms with Gasteiger partial charge in [-0.15, -0.1) is 0 Å². The van der Waals surface area contributed by atoms with E-state index in [4.69, 9.17) is 0 Å². The van der Waals surface area contributed by atoms with Gasteiger partial charge in [-0.1, -0.05) is 6.42 Å². The first-order chi connectivity index (χ1) is 9.15. The number of hydrogen-bond acceptors (Lipinski definition) is 1. The van der Waals surface area contributed by atoms with Crippen LogP contribution in [-0.2, 0) is 0 Å². The zero-order valence-corrected chi connectivity index (χ0v) is 11.3. The lowest BCUT2D eigenvalue weighted by Gasteiger charge is -2.27. The monoisotopic (exact) mass is 265 g/mol. The van der Waals surface area contributed by atoms with Crippen LogP contribution in [0.15, 0.2) is 18.2 Å². The maximum Gasteiger partial charge on any atom is 0.126 e. The van der Waals surface area contributed by atoms with E-state index in [0.717, 1.165) is 35.8 Å². The summed E-state index contributed by atoms with van der Waals surface area (Å²) < 4.78 is 26.6. The van der Waals surface area contributed by atoms with Gasteiger partial charge in [0, 0.05) is 12.1 Å². The maximum atomic E-state index is 13.3. The fraction of sp³-hybridized carbons (Fsp3) is 0.625. The second-order valence-electron chi connectivity index (χ2n) is 6.21. The van der Waals surface area contributed by atoms with Gasteiger partial charge in [0.15, 0.2) is 0 Å². The smallest absolute Gasteiger partial charge is 0.126 e. The third-order valence-electron chi connectivity index (χ3n) is 5.06. The van der Waals surface area contributed by atoms with Crippen LogP contribution < -0.4 is 5.32 Å². The molecule has 2 aliphatic carbocycles.